The number of benzene rings is 2. The van der Waals surface area contributed by atoms with E-state index in [2.05, 4.69) is 15.6 Å². The van der Waals surface area contributed by atoms with Crippen LogP contribution in [0.15, 0.2) is 54.6 Å². The van der Waals surface area contributed by atoms with Crippen LogP contribution in [0.4, 0.5) is 13.6 Å². The lowest BCUT2D eigenvalue weighted by Crippen LogP contribution is -2.40. The standard InChI is InChI=1S/C21H24F2N4O/c1-3-9-16(15-10-5-4-6-11-15)26-21(28)24-14(2)19-25-17-12-7-8-13-18(17)27(19)20(22)23/h4-8,10-14,16,20H,3,9H2,1-2H3,(H2,24,26,28). The molecule has 0 aliphatic heterocycles. The highest BCUT2D eigenvalue weighted by molar-refractivity contribution is 5.77. The molecule has 148 valence electrons. The Balaban J connectivity index is 1.77. The molecule has 3 rings (SSSR count). The number of para-hydroxylation sites is 2. The Labute approximate surface area is 162 Å². The molecule has 2 atom stereocenters. The number of nitrogens with one attached hydrogen (secondary N) is 2. The van der Waals surface area contributed by atoms with Crippen molar-refractivity contribution in [3.63, 3.8) is 0 Å². The summed E-state index contributed by atoms with van der Waals surface area (Å²) >= 11 is 0. The molecule has 1 heterocycles. The quantitative estimate of drug-likeness (QED) is 0.576. The predicted octanol–water partition coefficient (Wildman–Crippen LogP) is 5.33. The Morgan fingerprint density at radius 3 is 2.43 bits per heavy atom. The Morgan fingerprint density at radius 1 is 1.07 bits per heavy atom. The third-order valence-corrected chi connectivity index (χ3v) is 4.64. The first kappa shape index (κ1) is 19.8. The van der Waals surface area contributed by atoms with Gasteiger partial charge in [-0.3, -0.25) is 4.57 Å². The summed E-state index contributed by atoms with van der Waals surface area (Å²) < 4.78 is 28.1. The van der Waals surface area contributed by atoms with Crippen molar-refractivity contribution in [1.82, 2.24) is 20.2 Å². The lowest BCUT2D eigenvalue weighted by molar-refractivity contribution is 0.0699. The summed E-state index contributed by atoms with van der Waals surface area (Å²) in [7, 11) is 0. The van der Waals surface area contributed by atoms with Crippen molar-refractivity contribution in [3.05, 3.63) is 66.0 Å². The van der Waals surface area contributed by atoms with Crippen molar-refractivity contribution in [1.29, 1.82) is 0 Å². The molecule has 2 aromatic carbocycles. The number of aromatic nitrogens is 2. The second-order valence-electron chi connectivity index (χ2n) is 6.70. The molecule has 2 amide bonds. The van der Waals surface area contributed by atoms with Crippen LogP contribution in [-0.4, -0.2) is 15.6 Å². The first-order chi connectivity index (χ1) is 13.5. The number of carbonyl (C=O) groups is 1. The summed E-state index contributed by atoms with van der Waals surface area (Å²) in [5.74, 6) is 0.123. The normalized spacial score (nSPS) is 13.5. The van der Waals surface area contributed by atoms with Crippen LogP contribution in [0.1, 0.15) is 56.7 Å². The van der Waals surface area contributed by atoms with Crippen LogP contribution in [0.25, 0.3) is 11.0 Å². The fraction of sp³-hybridized carbons (Fsp3) is 0.333. The van der Waals surface area contributed by atoms with Crippen LogP contribution in [0.2, 0.25) is 0 Å². The maximum Gasteiger partial charge on any atom is 0.320 e. The summed E-state index contributed by atoms with van der Waals surface area (Å²) in [6.07, 6.45) is 1.68. The molecule has 0 aliphatic carbocycles. The number of nitrogens with zero attached hydrogens (tertiary/aromatic N) is 2. The average Bonchev–Trinajstić information content (AvgIpc) is 3.08. The number of fused-ring (bicyclic) bond motifs is 1. The number of rotatable bonds is 7. The van der Waals surface area contributed by atoms with E-state index in [0.29, 0.717) is 11.0 Å². The molecule has 5 nitrogen and oxygen atoms in total. The third kappa shape index (κ3) is 4.30. The van der Waals surface area contributed by atoms with Crippen LogP contribution in [0, 0.1) is 0 Å². The van der Waals surface area contributed by atoms with E-state index in [0.717, 1.165) is 23.0 Å². The molecule has 0 radical (unpaired) electrons. The molecule has 0 saturated heterocycles. The molecule has 0 fully saturated rings. The van der Waals surface area contributed by atoms with Crippen LogP contribution in [-0.2, 0) is 0 Å². The maximum atomic E-state index is 13.6. The zero-order valence-corrected chi connectivity index (χ0v) is 15.9. The van der Waals surface area contributed by atoms with Crippen molar-refractivity contribution in [3.8, 4) is 0 Å². The molecule has 0 saturated carbocycles. The van der Waals surface area contributed by atoms with E-state index in [1.165, 1.54) is 0 Å². The lowest BCUT2D eigenvalue weighted by Gasteiger charge is -2.21. The zero-order valence-electron chi connectivity index (χ0n) is 15.9. The number of amides is 2. The first-order valence-corrected chi connectivity index (χ1v) is 9.38. The van der Waals surface area contributed by atoms with Gasteiger partial charge >= 0.3 is 12.6 Å². The summed E-state index contributed by atoms with van der Waals surface area (Å²) in [6.45, 7) is 0.951. The second kappa shape index (κ2) is 8.82. The number of halogens is 2. The van der Waals surface area contributed by atoms with E-state index in [1.807, 2.05) is 37.3 Å². The van der Waals surface area contributed by atoms with E-state index in [9.17, 15) is 13.6 Å². The minimum Gasteiger partial charge on any atom is -0.331 e. The molecular weight excluding hydrogens is 362 g/mol. The van der Waals surface area contributed by atoms with Crippen LogP contribution in [0.5, 0.6) is 0 Å². The number of hydrogen-bond donors (Lipinski definition) is 2. The van der Waals surface area contributed by atoms with Gasteiger partial charge in [-0.2, -0.15) is 8.78 Å². The minimum atomic E-state index is -2.74. The summed E-state index contributed by atoms with van der Waals surface area (Å²) in [4.78, 5) is 16.8. The fourth-order valence-corrected chi connectivity index (χ4v) is 3.33. The van der Waals surface area contributed by atoms with Gasteiger partial charge in [-0.15, -0.1) is 0 Å². The van der Waals surface area contributed by atoms with Crippen LogP contribution in [0.3, 0.4) is 0 Å². The van der Waals surface area contributed by atoms with E-state index in [4.69, 9.17) is 0 Å². The SMILES string of the molecule is CCCC(NC(=O)NC(C)c1nc2ccccc2n1C(F)F)c1ccccc1. The van der Waals surface area contributed by atoms with Gasteiger partial charge in [0, 0.05) is 0 Å². The van der Waals surface area contributed by atoms with Gasteiger partial charge in [0.15, 0.2) is 0 Å². The summed E-state index contributed by atoms with van der Waals surface area (Å²) in [5.41, 5.74) is 1.82. The van der Waals surface area contributed by atoms with Crippen LogP contribution >= 0.6 is 0 Å². The minimum absolute atomic E-state index is 0.123. The van der Waals surface area contributed by atoms with Crippen molar-refractivity contribution in [2.45, 2.75) is 45.3 Å². The van der Waals surface area contributed by atoms with Gasteiger partial charge in [-0.05, 0) is 31.0 Å². The first-order valence-electron chi connectivity index (χ1n) is 9.38. The van der Waals surface area contributed by atoms with Crippen molar-refractivity contribution < 1.29 is 13.6 Å². The molecule has 2 unspecified atom stereocenters. The molecule has 0 spiro atoms. The van der Waals surface area contributed by atoms with E-state index >= 15 is 0 Å². The van der Waals surface area contributed by atoms with Gasteiger partial charge in [-0.1, -0.05) is 55.8 Å². The monoisotopic (exact) mass is 386 g/mol. The molecule has 2 N–H and O–H groups in total. The van der Waals surface area contributed by atoms with E-state index in [1.54, 1.807) is 31.2 Å². The summed E-state index contributed by atoms with van der Waals surface area (Å²) in [6, 6.07) is 15.1. The highest BCUT2D eigenvalue weighted by Gasteiger charge is 2.23. The van der Waals surface area contributed by atoms with Gasteiger partial charge in [0.05, 0.1) is 23.1 Å². The molecule has 28 heavy (non-hydrogen) atoms. The Kier molecular flexibility index (Phi) is 6.23. The molecule has 1 aromatic heterocycles. The number of hydrogen-bond acceptors (Lipinski definition) is 2. The second-order valence-corrected chi connectivity index (χ2v) is 6.70. The van der Waals surface area contributed by atoms with Gasteiger partial charge < -0.3 is 10.6 Å². The largest absolute Gasteiger partial charge is 0.331 e. The molecule has 0 bridgehead atoms. The van der Waals surface area contributed by atoms with Crippen molar-refractivity contribution >= 4 is 17.1 Å². The molecule has 0 aliphatic rings. The number of imidazole rings is 1. The molecule has 3 aromatic rings. The average molecular weight is 386 g/mol. The predicted molar refractivity (Wildman–Crippen MR) is 105 cm³/mol. The number of carbonyl (C=O) groups excluding carboxylic acids is 1. The highest BCUT2D eigenvalue weighted by Crippen LogP contribution is 2.26. The molecule has 7 heteroatoms. The maximum absolute atomic E-state index is 13.6. The van der Waals surface area contributed by atoms with Crippen molar-refractivity contribution in [2.75, 3.05) is 0 Å². The van der Waals surface area contributed by atoms with Gasteiger partial charge in [0.1, 0.15) is 5.82 Å². The lowest BCUT2D eigenvalue weighted by atomic mass is 10.0. The molecular formula is C21H24F2N4O. The zero-order chi connectivity index (χ0) is 20.1. The highest BCUT2D eigenvalue weighted by atomic mass is 19.3. The summed E-state index contributed by atoms with van der Waals surface area (Å²) in [5, 5.41) is 5.69. The van der Waals surface area contributed by atoms with Gasteiger partial charge in [0.25, 0.3) is 0 Å². The Bertz CT molecular complexity index is 927. The number of alkyl halides is 2. The number of urea groups is 1. The Hall–Kier alpha value is -2.96. The fourth-order valence-electron chi connectivity index (χ4n) is 3.33. The van der Waals surface area contributed by atoms with E-state index < -0.39 is 18.6 Å². The van der Waals surface area contributed by atoms with Crippen molar-refractivity contribution in [2.24, 2.45) is 0 Å². The Morgan fingerprint density at radius 2 is 1.75 bits per heavy atom. The van der Waals surface area contributed by atoms with Gasteiger partial charge in [-0.25, -0.2) is 9.78 Å². The third-order valence-electron chi connectivity index (χ3n) is 4.64. The van der Waals surface area contributed by atoms with Gasteiger partial charge in [0.2, 0.25) is 0 Å². The van der Waals surface area contributed by atoms with E-state index in [-0.39, 0.29) is 11.9 Å². The smallest absolute Gasteiger partial charge is 0.320 e. The topological polar surface area (TPSA) is 59.0 Å². The van der Waals surface area contributed by atoms with Crippen LogP contribution < -0.4 is 10.6 Å².